The van der Waals surface area contributed by atoms with Gasteiger partial charge in [0.2, 0.25) is 5.91 Å². The predicted molar refractivity (Wildman–Crippen MR) is 135 cm³/mol. The van der Waals surface area contributed by atoms with Crippen molar-refractivity contribution in [3.8, 4) is 11.5 Å². The maximum atomic E-state index is 13.5. The van der Waals surface area contributed by atoms with E-state index in [9.17, 15) is 22.8 Å². The second-order valence-electron chi connectivity index (χ2n) is 8.59. The molecule has 2 aromatic carbocycles. The molecule has 0 radical (unpaired) electrons. The SMILES string of the molecule is O=C(O)CCc1ccc(NC(=O)CCc2cccc(Oc3ccnc(C4=NCCN4)c3)c2)cc1C(F)(F)F. The average molecular weight is 527 g/mol. The summed E-state index contributed by atoms with van der Waals surface area (Å²) in [6.45, 7) is 1.46. The number of hydrogen-bond donors (Lipinski definition) is 3. The van der Waals surface area contributed by atoms with Gasteiger partial charge < -0.3 is 20.5 Å². The van der Waals surface area contributed by atoms with Crippen LogP contribution in [0.5, 0.6) is 11.5 Å². The number of aliphatic carboxylic acids is 1. The molecule has 1 aliphatic heterocycles. The van der Waals surface area contributed by atoms with Crippen LogP contribution in [-0.2, 0) is 28.6 Å². The first kappa shape index (κ1) is 26.6. The number of aryl methyl sites for hydroxylation is 2. The van der Waals surface area contributed by atoms with E-state index in [0.717, 1.165) is 18.2 Å². The third-order valence-corrected chi connectivity index (χ3v) is 5.73. The molecule has 11 heteroatoms. The number of benzene rings is 2. The Labute approximate surface area is 216 Å². The topological polar surface area (TPSA) is 113 Å². The Hall–Kier alpha value is -4.41. The fourth-order valence-electron chi connectivity index (χ4n) is 3.93. The fraction of sp³-hybridized carbons (Fsp3) is 0.259. The Bertz CT molecular complexity index is 1360. The van der Waals surface area contributed by atoms with Crippen LogP contribution in [0.2, 0.25) is 0 Å². The standard InChI is InChI=1S/C27H25F3N4O4/c28-27(29,30)22-15-19(7-5-18(22)6-9-25(36)37)34-24(35)8-4-17-2-1-3-20(14-17)38-21-10-11-31-23(16-21)26-32-12-13-33-26/h1-3,5,7,10-11,14-16H,4,6,8-9,12-13H2,(H,32,33)(H,34,35)(H,36,37). The zero-order valence-corrected chi connectivity index (χ0v) is 20.2. The minimum absolute atomic E-state index is 0.00617. The maximum absolute atomic E-state index is 13.5. The summed E-state index contributed by atoms with van der Waals surface area (Å²) in [6.07, 6.45) is -3.35. The zero-order chi connectivity index (χ0) is 27.1. The van der Waals surface area contributed by atoms with Crippen LogP contribution in [0.25, 0.3) is 0 Å². The predicted octanol–water partition coefficient (Wildman–Crippen LogP) is 4.83. The van der Waals surface area contributed by atoms with Gasteiger partial charge in [-0.1, -0.05) is 18.2 Å². The molecule has 1 aromatic heterocycles. The largest absolute Gasteiger partial charge is 0.481 e. The van der Waals surface area contributed by atoms with Crippen LogP contribution >= 0.6 is 0 Å². The number of nitrogens with one attached hydrogen (secondary N) is 2. The summed E-state index contributed by atoms with van der Waals surface area (Å²) in [7, 11) is 0. The molecule has 1 amide bonds. The summed E-state index contributed by atoms with van der Waals surface area (Å²) in [5.74, 6) is 0.215. The highest BCUT2D eigenvalue weighted by Gasteiger charge is 2.33. The Morgan fingerprint density at radius 2 is 1.84 bits per heavy atom. The Morgan fingerprint density at radius 3 is 2.58 bits per heavy atom. The number of rotatable bonds is 10. The van der Waals surface area contributed by atoms with Crippen molar-refractivity contribution in [2.75, 3.05) is 18.4 Å². The minimum Gasteiger partial charge on any atom is -0.481 e. The van der Waals surface area contributed by atoms with E-state index in [1.165, 1.54) is 12.1 Å². The molecule has 4 rings (SSSR count). The van der Waals surface area contributed by atoms with E-state index >= 15 is 0 Å². The van der Waals surface area contributed by atoms with Gasteiger partial charge >= 0.3 is 12.1 Å². The second-order valence-corrected chi connectivity index (χ2v) is 8.59. The number of carboxylic acids is 1. The molecular weight excluding hydrogens is 501 g/mol. The van der Waals surface area contributed by atoms with Gasteiger partial charge in [-0.05, 0) is 54.3 Å². The van der Waals surface area contributed by atoms with Crippen LogP contribution in [0.4, 0.5) is 18.9 Å². The van der Waals surface area contributed by atoms with Gasteiger partial charge in [-0.25, -0.2) is 0 Å². The molecule has 38 heavy (non-hydrogen) atoms. The summed E-state index contributed by atoms with van der Waals surface area (Å²) in [5, 5.41) is 14.4. The number of ether oxygens (including phenoxy) is 1. The van der Waals surface area contributed by atoms with Gasteiger partial charge in [0.15, 0.2) is 0 Å². The van der Waals surface area contributed by atoms with Gasteiger partial charge in [0, 0.05) is 37.3 Å². The number of hydrogen-bond acceptors (Lipinski definition) is 6. The molecule has 0 fully saturated rings. The highest BCUT2D eigenvalue weighted by molar-refractivity contribution is 5.98. The molecule has 3 N–H and O–H groups in total. The zero-order valence-electron chi connectivity index (χ0n) is 20.2. The van der Waals surface area contributed by atoms with Gasteiger partial charge in [-0.15, -0.1) is 0 Å². The number of halogens is 3. The summed E-state index contributed by atoms with van der Waals surface area (Å²) < 4.78 is 46.4. The van der Waals surface area contributed by atoms with Crippen LogP contribution in [0.15, 0.2) is 65.8 Å². The van der Waals surface area contributed by atoms with E-state index in [2.05, 4.69) is 20.6 Å². The first-order chi connectivity index (χ1) is 18.2. The molecule has 1 aliphatic rings. The number of anilines is 1. The molecule has 0 bridgehead atoms. The van der Waals surface area contributed by atoms with Crippen molar-refractivity contribution in [3.05, 3.63) is 83.2 Å². The number of carbonyl (C=O) groups excluding carboxylic acids is 1. The smallest absolute Gasteiger partial charge is 0.416 e. The van der Waals surface area contributed by atoms with Gasteiger partial charge in [0.25, 0.3) is 0 Å². The first-order valence-corrected chi connectivity index (χ1v) is 11.9. The van der Waals surface area contributed by atoms with Crippen LogP contribution in [0, 0.1) is 0 Å². The highest BCUT2D eigenvalue weighted by atomic mass is 19.4. The van der Waals surface area contributed by atoms with Gasteiger partial charge in [0.05, 0.1) is 12.1 Å². The van der Waals surface area contributed by atoms with Gasteiger partial charge in [-0.2, -0.15) is 13.2 Å². The van der Waals surface area contributed by atoms with Crippen molar-refractivity contribution >= 4 is 23.4 Å². The van der Waals surface area contributed by atoms with E-state index in [1.54, 1.807) is 36.5 Å². The monoisotopic (exact) mass is 526 g/mol. The number of aliphatic imine (C=N–C) groups is 1. The Balaban J connectivity index is 1.36. The van der Waals surface area contributed by atoms with Crippen molar-refractivity contribution in [1.29, 1.82) is 0 Å². The van der Waals surface area contributed by atoms with Crippen molar-refractivity contribution < 1.29 is 32.6 Å². The number of pyridine rings is 1. The quantitative estimate of drug-likeness (QED) is 0.349. The molecule has 0 saturated carbocycles. The second kappa shape index (κ2) is 11.8. The molecule has 0 saturated heterocycles. The number of carboxylic acid groups (broad SMARTS) is 1. The van der Waals surface area contributed by atoms with E-state index < -0.39 is 30.0 Å². The van der Waals surface area contributed by atoms with Gasteiger partial charge in [-0.3, -0.25) is 19.6 Å². The van der Waals surface area contributed by atoms with E-state index in [1.807, 2.05) is 6.07 Å². The molecule has 0 unspecified atom stereocenters. The number of amidine groups is 1. The lowest BCUT2D eigenvalue weighted by Crippen LogP contribution is -2.20. The average Bonchev–Trinajstić information content (AvgIpc) is 3.42. The number of carbonyl (C=O) groups is 2. The highest BCUT2D eigenvalue weighted by Crippen LogP contribution is 2.34. The number of amides is 1. The van der Waals surface area contributed by atoms with E-state index in [-0.39, 0.29) is 24.1 Å². The van der Waals surface area contributed by atoms with Crippen molar-refractivity contribution in [2.24, 2.45) is 4.99 Å². The number of aromatic nitrogens is 1. The number of nitrogens with zero attached hydrogens (tertiary/aromatic N) is 2. The summed E-state index contributed by atoms with van der Waals surface area (Å²) in [5.41, 5.74) is 0.387. The van der Waals surface area contributed by atoms with Gasteiger partial charge in [0.1, 0.15) is 23.0 Å². The summed E-state index contributed by atoms with van der Waals surface area (Å²) in [6, 6.07) is 14.1. The normalized spacial score (nSPS) is 13.0. The number of alkyl halides is 3. The van der Waals surface area contributed by atoms with Crippen LogP contribution in [0.1, 0.15) is 35.2 Å². The molecule has 0 aliphatic carbocycles. The molecule has 3 aromatic rings. The lowest BCUT2D eigenvalue weighted by Gasteiger charge is -2.15. The Morgan fingerprint density at radius 1 is 1.03 bits per heavy atom. The lowest BCUT2D eigenvalue weighted by atomic mass is 10.0. The van der Waals surface area contributed by atoms with E-state index in [0.29, 0.717) is 36.0 Å². The lowest BCUT2D eigenvalue weighted by molar-refractivity contribution is -0.140. The summed E-state index contributed by atoms with van der Waals surface area (Å²) in [4.78, 5) is 31.9. The fourth-order valence-corrected chi connectivity index (χ4v) is 3.93. The first-order valence-electron chi connectivity index (χ1n) is 11.9. The van der Waals surface area contributed by atoms with Crippen molar-refractivity contribution in [3.63, 3.8) is 0 Å². The third kappa shape index (κ3) is 7.31. The summed E-state index contributed by atoms with van der Waals surface area (Å²) >= 11 is 0. The molecular formula is C27H25F3N4O4. The van der Waals surface area contributed by atoms with Crippen LogP contribution in [-0.4, -0.2) is 40.9 Å². The third-order valence-electron chi connectivity index (χ3n) is 5.73. The molecule has 198 valence electrons. The molecule has 8 nitrogen and oxygen atoms in total. The van der Waals surface area contributed by atoms with Crippen molar-refractivity contribution in [1.82, 2.24) is 10.3 Å². The molecule has 0 spiro atoms. The molecule has 0 atom stereocenters. The molecule has 2 heterocycles. The Kier molecular flexibility index (Phi) is 8.25. The van der Waals surface area contributed by atoms with Crippen LogP contribution < -0.4 is 15.4 Å². The maximum Gasteiger partial charge on any atom is 0.416 e. The minimum atomic E-state index is -4.67. The van der Waals surface area contributed by atoms with Crippen LogP contribution in [0.3, 0.4) is 0 Å². The van der Waals surface area contributed by atoms with E-state index in [4.69, 9.17) is 9.84 Å². The van der Waals surface area contributed by atoms with Crippen molar-refractivity contribution in [2.45, 2.75) is 31.9 Å².